The number of aromatic hydroxyl groups is 10. The van der Waals surface area contributed by atoms with E-state index in [1.807, 2.05) is 0 Å². The van der Waals surface area contributed by atoms with Gasteiger partial charge in [0.05, 0.1) is 11.1 Å². The van der Waals surface area contributed by atoms with Crippen molar-refractivity contribution in [1.29, 1.82) is 0 Å². The van der Waals surface area contributed by atoms with E-state index in [4.69, 9.17) is 14.2 Å². The number of hydrogen-bond donors (Lipinski definition) is 13. The number of carbonyl (C=O) groups is 4. The molecule has 1 saturated heterocycles. The van der Waals surface area contributed by atoms with Crippen molar-refractivity contribution in [1.82, 2.24) is 0 Å². The molecule has 4 aromatic carbocycles. The molecule has 5 atom stereocenters. The van der Waals surface area contributed by atoms with Gasteiger partial charge in [0.15, 0.2) is 70.0 Å². The molecule has 9 rings (SSSR count). The van der Waals surface area contributed by atoms with Crippen molar-refractivity contribution >= 4 is 23.5 Å². The minimum Gasteiger partial charge on any atom is -0.504 e. The van der Waals surface area contributed by atoms with Gasteiger partial charge in [0.2, 0.25) is 11.5 Å². The van der Waals surface area contributed by atoms with Crippen molar-refractivity contribution in [3.63, 3.8) is 0 Å². The Morgan fingerprint density at radius 1 is 0.482 bits per heavy atom. The third-order valence-electron chi connectivity index (χ3n) is 10.3. The number of esters is 2. The molecular weight excluding hydrogens is 752 g/mol. The van der Waals surface area contributed by atoms with Gasteiger partial charge in [0.1, 0.15) is 24.9 Å². The van der Waals surface area contributed by atoms with E-state index in [1.54, 1.807) is 0 Å². The van der Waals surface area contributed by atoms with Crippen LogP contribution in [0.4, 0.5) is 0 Å². The molecule has 0 radical (unpaired) electrons. The number of rotatable bonds is 0. The number of benzene rings is 4. The SMILES string of the molecule is O=C1OCC2OC(O)C(OC(=O)c3cc(O)c(O)c(O)c3-c3c(O)c(O)c4c5c3C(=O)Cc3c(O)c(O)c(c(c3-5)C(=O)C4)-c3c1cc(O)c(O)c3O)C(O)C2O. The van der Waals surface area contributed by atoms with Crippen molar-refractivity contribution in [2.24, 2.45) is 0 Å². The van der Waals surface area contributed by atoms with Gasteiger partial charge in [-0.3, -0.25) is 9.59 Å². The molecule has 4 aromatic rings. The topological polar surface area (TPSA) is 359 Å². The van der Waals surface area contributed by atoms with Crippen LogP contribution in [0.5, 0.6) is 57.5 Å². The van der Waals surface area contributed by atoms with Gasteiger partial charge in [0, 0.05) is 68.5 Å². The standard InChI is InChI=1S/C36H26O20/c37-10-1-7-16-15-6-2-11(38)20(16)22(31(49)24(7)42)18-9(4-13(40)26(44)29(18)47)35(52)56-33-32(50)27(45)14(55-36(33)53)5-54-34(51)8-3-12(39)25(43)28(46)17(8)21(19(10)15)30(48)23(6)41/h3-4,14,27,32-33,36,39-50,53H,1-2,5H2. The Morgan fingerprint density at radius 3 is 1.38 bits per heavy atom. The Bertz CT molecular complexity index is 2540. The largest absolute Gasteiger partial charge is 0.504 e. The highest BCUT2D eigenvalue weighted by Gasteiger charge is 2.49. The average Bonchev–Trinajstić information content (AvgIpc) is 3.15. The molecule has 5 unspecified atom stereocenters. The van der Waals surface area contributed by atoms with Gasteiger partial charge in [0.25, 0.3) is 0 Å². The predicted octanol–water partition coefficient (Wildman–Crippen LogP) is 0.356. The quantitative estimate of drug-likeness (QED) is 0.0846. The lowest BCUT2D eigenvalue weighted by Crippen LogP contribution is -2.60. The highest BCUT2D eigenvalue weighted by Crippen LogP contribution is 2.62. The first-order valence-corrected chi connectivity index (χ1v) is 16.3. The van der Waals surface area contributed by atoms with Crippen molar-refractivity contribution in [2.45, 2.75) is 43.5 Å². The first kappa shape index (κ1) is 36.0. The van der Waals surface area contributed by atoms with E-state index < -0.39 is 198 Å². The number of fused-ring (bicyclic) bond motifs is 5. The second-order valence-corrected chi connectivity index (χ2v) is 13.3. The maximum Gasteiger partial charge on any atom is 0.339 e. The second kappa shape index (κ2) is 12.0. The molecule has 56 heavy (non-hydrogen) atoms. The zero-order valence-corrected chi connectivity index (χ0v) is 27.8. The predicted molar refractivity (Wildman–Crippen MR) is 178 cm³/mol. The summed E-state index contributed by atoms with van der Waals surface area (Å²) in [5, 5.41) is 143. The minimum atomic E-state index is -2.32. The highest BCUT2D eigenvalue weighted by atomic mass is 16.7. The molecule has 3 aliphatic heterocycles. The summed E-state index contributed by atoms with van der Waals surface area (Å²) >= 11 is 0. The van der Waals surface area contributed by atoms with Crippen molar-refractivity contribution in [3.8, 4) is 90.9 Å². The van der Waals surface area contributed by atoms with Crippen LogP contribution >= 0.6 is 0 Å². The van der Waals surface area contributed by atoms with E-state index >= 15 is 0 Å². The number of phenols is 10. The molecule has 20 nitrogen and oxygen atoms in total. The maximum atomic E-state index is 14.1. The molecule has 0 aromatic heterocycles. The first-order chi connectivity index (χ1) is 26.4. The Hall–Kier alpha value is -7.00. The van der Waals surface area contributed by atoms with Crippen LogP contribution < -0.4 is 0 Å². The summed E-state index contributed by atoms with van der Waals surface area (Å²) in [4.78, 5) is 55.8. The van der Waals surface area contributed by atoms with Crippen molar-refractivity contribution in [3.05, 3.63) is 45.5 Å². The number of phenolic OH excluding ortho intramolecular Hbond substituents is 10. The number of ketones is 2. The molecule has 290 valence electrons. The van der Waals surface area contributed by atoms with Crippen LogP contribution in [0.1, 0.15) is 52.6 Å². The van der Waals surface area contributed by atoms with Crippen LogP contribution in [0.3, 0.4) is 0 Å². The van der Waals surface area contributed by atoms with E-state index in [0.29, 0.717) is 12.1 Å². The van der Waals surface area contributed by atoms with Gasteiger partial charge in [-0.1, -0.05) is 0 Å². The van der Waals surface area contributed by atoms with Crippen LogP contribution in [0.2, 0.25) is 0 Å². The van der Waals surface area contributed by atoms with Gasteiger partial charge in [-0.2, -0.15) is 0 Å². The van der Waals surface area contributed by atoms with E-state index in [-0.39, 0.29) is 0 Å². The molecule has 1 fully saturated rings. The fourth-order valence-corrected chi connectivity index (χ4v) is 7.71. The first-order valence-electron chi connectivity index (χ1n) is 16.3. The summed E-state index contributed by atoms with van der Waals surface area (Å²) in [7, 11) is 0. The summed E-state index contributed by atoms with van der Waals surface area (Å²) in [5.74, 6) is -17.9. The van der Waals surface area contributed by atoms with Crippen LogP contribution in [-0.4, -0.2) is 127 Å². The maximum absolute atomic E-state index is 14.1. The van der Waals surface area contributed by atoms with Gasteiger partial charge in [-0.25, -0.2) is 9.59 Å². The molecule has 3 heterocycles. The normalized spacial score (nSPS) is 22.5. The number of hydrogen-bond acceptors (Lipinski definition) is 20. The summed E-state index contributed by atoms with van der Waals surface area (Å²) in [5.41, 5.74) is -8.91. The zero-order valence-electron chi connectivity index (χ0n) is 27.8. The second-order valence-electron chi connectivity index (χ2n) is 13.3. The molecule has 0 amide bonds. The van der Waals surface area contributed by atoms with E-state index in [1.165, 1.54) is 0 Å². The van der Waals surface area contributed by atoms with Crippen LogP contribution in [0.15, 0.2) is 12.1 Å². The number of Topliss-reactive ketones (excluding diaryl/α,β-unsaturated/α-hetero) is 2. The Morgan fingerprint density at radius 2 is 0.911 bits per heavy atom. The smallest absolute Gasteiger partial charge is 0.339 e. The molecular formula is C36H26O20. The molecule has 5 aliphatic rings. The van der Waals surface area contributed by atoms with E-state index in [2.05, 4.69) is 0 Å². The molecule has 8 bridgehead atoms. The van der Waals surface area contributed by atoms with Gasteiger partial charge in [-0.15, -0.1) is 0 Å². The van der Waals surface area contributed by atoms with Crippen molar-refractivity contribution < 1.29 is 99.8 Å². The molecule has 0 saturated carbocycles. The fraction of sp³-hybridized carbons (Fsp3) is 0.222. The van der Waals surface area contributed by atoms with Crippen LogP contribution in [0.25, 0.3) is 33.4 Å². The number of aliphatic hydroxyl groups excluding tert-OH is 3. The Kier molecular flexibility index (Phi) is 7.71. The fourth-order valence-electron chi connectivity index (χ4n) is 7.71. The molecule has 20 heteroatoms. The lowest BCUT2D eigenvalue weighted by Gasteiger charge is -2.39. The van der Waals surface area contributed by atoms with E-state index in [0.717, 1.165) is 0 Å². The number of aliphatic hydroxyl groups is 3. The third-order valence-corrected chi connectivity index (χ3v) is 10.3. The van der Waals surface area contributed by atoms with Crippen molar-refractivity contribution in [2.75, 3.05) is 6.61 Å². The van der Waals surface area contributed by atoms with Crippen LogP contribution in [-0.2, 0) is 27.1 Å². The van der Waals surface area contributed by atoms with Gasteiger partial charge < -0.3 is 80.6 Å². The Labute approximate surface area is 309 Å². The monoisotopic (exact) mass is 778 g/mol. The summed E-state index contributed by atoms with van der Waals surface area (Å²) < 4.78 is 15.7. The van der Waals surface area contributed by atoms with Gasteiger partial charge >= 0.3 is 11.9 Å². The third kappa shape index (κ3) is 4.67. The summed E-state index contributed by atoms with van der Waals surface area (Å²) in [6.45, 7) is -1.03. The molecule has 0 spiro atoms. The van der Waals surface area contributed by atoms with Gasteiger partial charge in [-0.05, 0) is 12.1 Å². The molecule has 2 aliphatic carbocycles. The lowest BCUT2D eigenvalue weighted by atomic mass is 9.69. The molecule has 13 N–H and O–H groups in total. The highest BCUT2D eigenvalue weighted by molar-refractivity contribution is 6.25. The van der Waals surface area contributed by atoms with Crippen LogP contribution in [0, 0.1) is 0 Å². The number of carbonyl (C=O) groups excluding carboxylic acids is 4. The zero-order chi connectivity index (χ0) is 40.6. The summed E-state index contributed by atoms with van der Waals surface area (Å²) in [6, 6.07) is 1.02. The lowest BCUT2D eigenvalue weighted by molar-refractivity contribution is -0.285. The number of ether oxygens (including phenoxy) is 3. The average molecular weight is 779 g/mol. The Balaban J connectivity index is 1.56. The summed E-state index contributed by atoms with van der Waals surface area (Å²) in [6.07, 6.45) is -12.6. The minimum absolute atomic E-state index is 0.454. The van der Waals surface area contributed by atoms with E-state index in [9.17, 15) is 85.6 Å².